The average molecular weight is 532 g/mol. The Labute approximate surface area is 232 Å². The van der Waals surface area contributed by atoms with E-state index in [0.717, 1.165) is 25.9 Å². The smallest absolute Gasteiger partial charge is 0.407 e. The van der Waals surface area contributed by atoms with E-state index in [9.17, 15) is 9.59 Å². The van der Waals surface area contributed by atoms with Crippen LogP contribution in [0.25, 0.3) is 0 Å². The standard InChI is InChI=1S/C10H21NO2.C10H14O.C7H14O2.4CH4/c1-5-6-7-8-11-9(12)13-10(2,3)4;1-9(2)11-8-10-6-4-3-5-7-10;1-5-6(8)9-7(2,3)4;;;;/h5-8H2,1-4H3,(H,11,12);3-7,9H,8H2,1-2H3;5H2,1-4H3;4*1H4. The fourth-order valence-electron chi connectivity index (χ4n) is 2.13. The molecule has 0 saturated carbocycles. The van der Waals surface area contributed by atoms with Gasteiger partial charge in [-0.15, -0.1) is 0 Å². The Morgan fingerprint density at radius 1 is 0.811 bits per heavy atom. The van der Waals surface area contributed by atoms with Gasteiger partial charge in [-0.3, -0.25) is 4.79 Å². The summed E-state index contributed by atoms with van der Waals surface area (Å²) in [6.07, 6.45) is 3.79. The molecule has 0 fully saturated rings. The van der Waals surface area contributed by atoms with E-state index in [1.54, 1.807) is 6.92 Å². The maximum Gasteiger partial charge on any atom is 0.407 e. The van der Waals surface area contributed by atoms with Gasteiger partial charge in [-0.05, 0) is 67.4 Å². The molecule has 6 nitrogen and oxygen atoms in total. The van der Waals surface area contributed by atoms with Gasteiger partial charge in [0.2, 0.25) is 0 Å². The first-order chi connectivity index (χ1) is 15.2. The van der Waals surface area contributed by atoms with Gasteiger partial charge >= 0.3 is 12.1 Å². The number of carbonyl (C=O) groups excluding carboxylic acids is 2. The van der Waals surface area contributed by atoms with E-state index < -0.39 is 5.60 Å². The van der Waals surface area contributed by atoms with E-state index >= 15 is 0 Å². The van der Waals surface area contributed by atoms with Crippen LogP contribution in [0.15, 0.2) is 30.3 Å². The fourth-order valence-corrected chi connectivity index (χ4v) is 2.13. The highest BCUT2D eigenvalue weighted by molar-refractivity contribution is 5.69. The number of amides is 1. The Kier molecular flexibility index (Phi) is 35.0. The lowest BCUT2D eigenvalue weighted by molar-refractivity contribution is -0.154. The zero-order valence-electron chi connectivity index (χ0n) is 22.7. The number of hydrogen-bond acceptors (Lipinski definition) is 5. The van der Waals surface area contributed by atoms with E-state index in [4.69, 9.17) is 14.2 Å². The van der Waals surface area contributed by atoms with Gasteiger partial charge in [0.15, 0.2) is 0 Å². The molecule has 0 bridgehead atoms. The number of alkyl carbamates (subject to hydrolysis) is 1. The van der Waals surface area contributed by atoms with Crippen LogP contribution in [-0.2, 0) is 25.6 Å². The summed E-state index contributed by atoms with van der Waals surface area (Å²) >= 11 is 0. The molecule has 1 aromatic rings. The van der Waals surface area contributed by atoms with Gasteiger partial charge in [-0.2, -0.15) is 0 Å². The van der Waals surface area contributed by atoms with Gasteiger partial charge in [0.25, 0.3) is 0 Å². The lowest BCUT2D eigenvalue weighted by Crippen LogP contribution is -2.32. The van der Waals surface area contributed by atoms with Crippen molar-refractivity contribution < 1.29 is 23.8 Å². The number of esters is 1. The van der Waals surface area contributed by atoms with Gasteiger partial charge in [-0.25, -0.2) is 4.79 Å². The summed E-state index contributed by atoms with van der Waals surface area (Å²) in [7, 11) is 0. The first-order valence-corrected chi connectivity index (χ1v) is 12.0. The molecule has 1 amide bonds. The maximum atomic E-state index is 11.1. The number of unbranched alkanes of at least 4 members (excludes halogenated alkanes) is 2. The summed E-state index contributed by atoms with van der Waals surface area (Å²) in [5, 5.41) is 2.71. The van der Waals surface area contributed by atoms with E-state index in [2.05, 4.69) is 24.4 Å². The third-order valence-corrected chi connectivity index (χ3v) is 3.58. The van der Waals surface area contributed by atoms with Crippen LogP contribution in [-0.4, -0.2) is 35.9 Å². The minimum absolute atomic E-state index is 0. The first-order valence-electron chi connectivity index (χ1n) is 12.0. The van der Waals surface area contributed by atoms with Gasteiger partial charge in [-0.1, -0.05) is 86.7 Å². The van der Waals surface area contributed by atoms with Crippen LogP contribution in [0.4, 0.5) is 4.79 Å². The Bertz CT molecular complexity index is 617. The second-order valence-electron chi connectivity index (χ2n) is 9.92. The highest BCUT2D eigenvalue weighted by Gasteiger charge is 2.15. The summed E-state index contributed by atoms with van der Waals surface area (Å²) in [5.74, 6) is -0.137. The molecule has 0 unspecified atom stereocenters. The minimum Gasteiger partial charge on any atom is -0.460 e. The second-order valence-corrected chi connectivity index (χ2v) is 9.92. The van der Waals surface area contributed by atoms with Crippen LogP contribution < -0.4 is 5.32 Å². The molecule has 0 saturated heterocycles. The zero-order chi connectivity index (χ0) is 25.9. The molecule has 0 aliphatic rings. The van der Waals surface area contributed by atoms with E-state index in [0.29, 0.717) is 19.1 Å². The third kappa shape index (κ3) is 41.3. The van der Waals surface area contributed by atoms with Crippen molar-refractivity contribution in [3.63, 3.8) is 0 Å². The number of benzene rings is 1. The number of rotatable bonds is 8. The molecule has 0 heterocycles. The molecule has 0 spiro atoms. The van der Waals surface area contributed by atoms with Crippen LogP contribution in [0.5, 0.6) is 0 Å². The van der Waals surface area contributed by atoms with Crippen molar-refractivity contribution in [2.75, 3.05) is 6.54 Å². The molecule has 0 aliphatic heterocycles. The van der Waals surface area contributed by atoms with Crippen molar-refractivity contribution in [2.45, 2.75) is 149 Å². The minimum atomic E-state index is -0.394. The van der Waals surface area contributed by atoms with Crippen molar-refractivity contribution in [3.05, 3.63) is 35.9 Å². The molecule has 37 heavy (non-hydrogen) atoms. The van der Waals surface area contributed by atoms with Crippen LogP contribution in [0.3, 0.4) is 0 Å². The third-order valence-electron chi connectivity index (χ3n) is 3.58. The molecule has 1 N–H and O–H groups in total. The van der Waals surface area contributed by atoms with E-state index in [-0.39, 0.29) is 47.4 Å². The predicted molar refractivity (Wildman–Crippen MR) is 163 cm³/mol. The van der Waals surface area contributed by atoms with E-state index in [1.165, 1.54) is 5.56 Å². The number of ether oxygens (including phenoxy) is 3. The van der Waals surface area contributed by atoms with Crippen LogP contribution in [0, 0.1) is 0 Å². The molecule has 0 aliphatic carbocycles. The lowest BCUT2D eigenvalue weighted by Gasteiger charge is -2.19. The average Bonchev–Trinajstić information content (AvgIpc) is 2.69. The number of carbonyl (C=O) groups is 2. The first kappa shape index (κ1) is 48.0. The molecule has 1 aromatic carbocycles. The number of hydrogen-bond donors (Lipinski definition) is 1. The summed E-state index contributed by atoms with van der Waals surface area (Å²) in [4.78, 5) is 21.7. The SMILES string of the molecule is C.C.C.C.CC(C)OCc1ccccc1.CCC(=O)OC(C)(C)C.CCCCCNC(=O)OC(C)(C)C. The van der Waals surface area contributed by atoms with Crippen LogP contribution in [0.1, 0.15) is 130 Å². The summed E-state index contributed by atoms with van der Waals surface area (Å²) in [6, 6.07) is 10.2. The lowest BCUT2D eigenvalue weighted by atomic mass is 10.2. The Morgan fingerprint density at radius 3 is 1.65 bits per heavy atom. The molecule has 6 heteroatoms. The normalized spacial score (nSPS) is 9.70. The molecular formula is C31H65NO5. The Morgan fingerprint density at radius 2 is 1.30 bits per heavy atom. The van der Waals surface area contributed by atoms with E-state index in [1.807, 2.05) is 73.6 Å². The highest BCUT2D eigenvalue weighted by atomic mass is 16.6. The van der Waals surface area contributed by atoms with Crippen molar-refractivity contribution >= 4 is 12.1 Å². The predicted octanol–water partition coefficient (Wildman–Crippen LogP) is 9.60. The summed E-state index contributed by atoms with van der Waals surface area (Å²) < 4.78 is 15.4. The van der Waals surface area contributed by atoms with Crippen LogP contribution >= 0.6 is 0 Å². The van der Waals surface area contributed by atoms with Crippen molar-refractivity contribution in [1.82, 2.24) is 5.32 Å². The largest absolute Gasteiger partial charge is 0.460 e. The number of nitrogens with one attached hydrogen (secondary N) is 1. The van der Waals surface area contributed by atoms with Crippen molar-refractivity contribution in [1.29, 1.82) is 0 Å². The van der Waals surface area contributed by atoms with Gasteiger partial charge in [0.1, 0.15) is 11.2 Å². The molecule has 0 radical (unpaired) electrons. The summed E-state index contributed by atoms with van der Waals surface area (Å²) in [5.41, 5.74) is 0.517. The Balaban J connectivity index is -0.0000000937. The van der Waals surface area contributed by atoms with Gasteiger partial charge in [0, 0.05) is 13.0 Å². The van der Waals surface area contributed by atoms with Crippen molar-refractivity contribution in [2.24, 2.45) is 0 Å². The molecular weight excluding hydrogens is 466 g/mol. The topological polar surface area (TPSA) is 73.9 Å². The van der Waals surface area contributed by atoms with Gasteiger partial charge < -0.3 is 19.5 Å². The summed E-state index contributed by atoms with van der Waals surface area (Å²) in [6.45, 7) is 20.6. The molecule has 0 aromatic heterocycles. The quantitative estimate of drug-likeness (QED) is 0.267. The second kappa shape index (κ2) is 27.0. The molecule has 224 valence electrons. The van der Waals surface area contributed by atoms with Crippen molar-refractivity contribution in [3.8, 4) is 0 Å². The molecule has 0 atom stereocenters. The molecule has 1 rings (SSSR count). The highest BCUT2D eigenvalue weighted by Crippen LogP contribution is 2.07. The fraction of sp³-hybridized carbons (Fsp3) is 0.742. The Hall–Kier alpha value is -2.08. The zero-order valence-corrected chi connectivity index (χ0v) is 22.7. The monoisotopic (exact) mass is 531 g/mol. The maximum absolute atomic E-state index is 11.1. The van der Waals surface area contributed by atoms with Gasteiger partial charge in [0.05, 0.1) is 12.7 Å². The van der Waals surface area contributed by atoms with Crippen LogP contribution in [0.2, 0.25) is 0 Å².